The Hall–Kier alpha value is -0.825. The Morgan fingerprint density at radius 3 is 2.44 bits per heavy atom. The summed E-state index contributed by atoms with van der Waals surface area (Å²) in [4.78, 5) is 14.1. The van der Waals surface area contributed by atoms with Gasteiger partial charge in [0.25, 0.3) is 0 Å². The number of nitrogens with two attached hydrogens (primary N) is 1. The first-order valence-electron chi connectivity index (χ1n) is 8.97. The molecule has 0 spiro atoms. The van der Waals surface area contributed by atoms with Gasteiger partial charge in [0.05, 0.1) is 0 Å². The van der Waals surface area contributed by atoms with E-state index in [2.05, 4.69) is 36.1 Å². The molecule has 27 heavy (non-hydrogen) atoms. The molecule has 1 aliphatic heterocycles. The maximum absolute atomic E-state index is 11.8. The molecule has 0 amide bonds. The van der Waals surface area contributed by atoms with Gasteiger partial charge in [0.15, 0.2) is 0 Å². The standard InChI is InChI=1S/C18H29BN2O4.2ClH/c1-14-4-6-15(7-5-14)12-21-11-8-16(13-21)18(20,17(22)23)9-2-3-10-19(24)25;;/h4-7,16,24-25H,2-3,8-13,20H2,1H3,(H,22,23);2*1H. The van der Waals surface area contributed by atoms with Gasteiger partial charge < -0.3 is 20.9 Å². The van der Waals surface area contributed by atoms with E-state index in [4.69, 9.17) is 15.8 Å². The summed E-state index contributed by atoms with van der Waals surface area (Å²) in [6.45, 7) is 4.39. The van der Waals surface area contributed by atoms with E-state index in [-0.39, 0.29) is 37.1 Å². The van der Waals surface area contributed by atoms with Crippen LogP contribution in [0.3, 0.4) is 0 Å². The van der Waals surface area contributed by atoms with Crippen LogP contribution in [0.2, 0.25) is 6.32 Å². The third-order valence-corrected chi connectivity index (χ3v) is 5.23. The molecular formula is C18H31BCl2N2O4. The molecule has 1 aliphatic rings. The highest BCUT2D eigenvalue weighted by atomic mass is 35.5. The quantitative estimate of drug-likeness (QED) is 0.360. The Bertz CT molecular complexity index is 577. The van der Waals surface area contributed by atoms with Crippen LogP contribution in [0.15, 0.2) is 24.3 Å². The van der Waals surface area contributed by atoms with E-state index in [9.17, 15) is 9.90 Å². The molecule has 1 heterocycles. The van der Waals surface area contributed by atoms with Gasteiger partial charge in [0, 0.05) is 19.0 Å². The molecule has 6 nitrogen and oxygen atoms in total. The summed E-state index contributed by atoms with van der Waals surface area (Å²) >= 11 is 0. The average molecular weight is 421 g/mol. The third kappa shape index (κ3) is 7.60. The van der Waals surface area contributed by atoms with E-state index in [1.807, 2.05) is 0 Å². The first-order valence-corrected chi connectivity index (χ1v) is 8.97. The van der Waals surface area contributed by atoms with Crippen molar-refractivity contribution in [3.05, 3.63) is 35.4 Å². The van der Waals surface area contributed by atoms with Crippen LogP contribution < -0.4 is 5.73 Å². The van der Waals surface area contributed by atoms with Gasteiger partial charge in [-0.3, -0.25) is 9.69 Å². The van der Waals surface area contributed by atoms with Gasteiger partial charge in [0.1, 0.15) is 5.54 Å². The minimum absolute atomic E-state index is 0. The van der Waals surface area contributed by atoms with Crippen LogP contribution in [0, 0.1) is 12.8 Å². The number of aliphatic carboxylic acids is 1. The average Bonchev–Trinajstić information content (AvgIpc) is 3.02. The van der Waals surface area contributed by atoms with E-state index in [1.165, 1.54) is 11.1 Å². The second-order valence-electron chi connectivity index (χ2n) is 7.28. The zero-order valence-electron chi connectivity index (χ0n) is 15.7. The lowest BCUT2D eigenvalue weighted by atomic mass is 9.77. The highest BCUT2D eigenvalue weighted by Crippen LogP contribution is 2.31. The fraction of sp³-hybridized carbons (Fsp3) is 0.611. The second-order valence-corrected chi connectivity index (χ2v) is 7.28. The lowest BCUT2D eigenvalue weighted by Crippen LogP contribution is -2.55. The molecule has 154 valence electrons. The van der Waals surface area contributed by atoms with E-state index in [0.29, 0.717) is 25.8 Å². The third-order valence-electron chi connectivity index (χ3n) is 5.23. The van der Waals surface area contributed by atoms with Crippen LogP contribution in [0.1, 0.15) is 36.8 Å². The van der Waals surface area contributed by atoms with Crippen molar-refractivity contribution in [2.45, 2.75) is 51.0 Å². The maximum Gasteiger partial charge on any atom is 0.451 e. The summed E-state index contributed by atoms with van der Waals surface area (Å²) in [6.07, 6.45) is 2.52. The van der Waals surface area contributed by atoms with E-state index in [1.54, 1.807) is 0 Å². The molecule has 0 radical (unpaired) electrons. The molecule has 0 aromatic heterocycles. The number of unbranched alkanes of at least 4 members (excludes halogenated alkanes) is 1. The van der Waals surface area contributed by atoms with Crippen molar-refractivity contribution in [3.8, 4) is 0 Å². The number of hydrogen-bond acceptors (Lipinski definition) is 5. The predicted molar refractivity (Wildman–Crippen MR) is 112 cm³/mol. The molecule has 1 fully saturated rings. The molecule has 0 bridgehead atoms. The molecule has 9 heteroatoms. The monoisotopic (exact) mass is 420 g/mol. The Balaban J connectivity index is 0.00000338. The largest absolute Gasteiger partial charge is 0.480 e. The van der Waals surface area contributed by atoms with Crippen LogP contribution >= 0.6 is 24.8 Å². The van der Waals surface area contributed by atoms with Crippen molar-refractivity contribution in [1.82, 2.24) is 4.90 Å². The molecule has 0 saturated carbocycles. The number of carboxylic acids is 1. The van der Waals surface area contributed by atoms with Gasteiger partial charge in [-0.1, -0.05) is 42.7 Å². The predicted octanol–water partition coefficient (Wildman–Crippen LogP) is 2.09. The van der Waals surface area contributed by atoms with Crippen LogP contribution in [0.5, 0.6) is 0 Å². The number of rotatable bonds is 9. The first-order chi connectivity index (χ1) is 11.8. The van der Waals surface area contributed by atoms with Gasteiger partial charge in [-0.05, 0) is 38.2 Å². The molecule has 1 aromatic rings. The van der Waals surface area contributed by atoms with Crippen molar-refractivity contribution >= 4 is 37.9 Å². The molecule has 1 aromatic carbocycles. The van der Waals surface area contributed by atoms with Gasteiger partial charge in [-0.15, -0.1) is 24.8 Å². The van der Waals surface area contributed by atoms with Crippen molar-refractivity contribution in [3.63, 3.8) is 0 Å². The van der Waals surface area contributed by atoms with Crippen LogP contribution in [-0.2, 0) is 11.3 Å². The molecule has 1 saturated heterocycles. The summed E-state index contributed by atoms with van der Waals surface area (Å²) in [5.74, 6) is -1.05. The van der Waals surface area contributed by atoms with Crippen molar-refractivity contribution in [1.29, 1.82) is 0 Å². The van der Waals surface area contributed by atoms with Gasteiger partial charge in [0.2, 0.25) is 0 Å². The zero-order chi connectivity index (χ0) is 18.4. The van der Waals surface area contributed by atoms with E-state index in [0.717, 1.165) is 19.5 Å². The van der Waals surface area contributed by atoms with E-state index >= 15 is 0 Å². The van der Waals surface area contributed by atoms with Gasteiger partial charge >= 0.3 is 13.1 Å². The van der Waals surface area contributed by atoms with Crippen LogP contribution in [0.4, 0.5) is 0 Å². The Kier molecular flexibility index (Phi) is 11.5. The Morgan fingerprint density at radius 1 is 1.26 bits per heavy atom. The number of hydrogen-bond donors (Lipinski definition) is 4. The molecule has 2 rings (SSSR count). The topological polar surface area (TPSA) is 107 Å². The number of nitrogens with zero attached hydrogens (tertiary/aromatic N) is 1. The van der Waals surface area contributed by atoms with Crippen LogP contribution in [0.25, 0.3) is 0 Å². The molecular weight excluding hydrogens is 390 g/mol. The SMILES string of the molecule is Cc1ccc(CN2CCC(C(N)(CCCCB(O)O)C(=O)O)C2)cc1.Cl.Cl. The van der Waals surface area contributed by atoms with E-state index < -0.39 is 18.6 Å². The van der Waals surface area contributed by atoms with Crippen molar-refractivity contribution in [2.75, 3.05) is 13.1 Å². The summed E-state index contributed by atoms with van der Waals surface area (Å²) < 4.78 is 0. The highest BCUT2D eigenvalue weighted by molar-refractivity contribution is 6.40. The minimum Gasteiger partial charge on any atom is -0.480 e. The fourth-order valence-corrected chi connectivity index (χ4v) is 3.58. The first kappa shape index (κ1) is 26.2. The second kappa shape index (κ2) is 11.9. The lowest BCUT2D eigenvalue weighted by molar-refractivity contribution is -0.145. The number of benzene rings is 1. The molecule has 5 N–H and O–H groups in total. The maximum atomic E-state index is 11.8. The summed E-state index contributed by atoms with van der Waals surface area (Å²) in [5, 5.41) is 27.5. The van der Waals surface area contributed by atoms with Gasteiger partial charge in [-0.2, -0.15) is 0 Å². The number of halogens is 2. The van der Waals surface area contributed by atoms with Gasteiger partial charge in [-0.25, -0.2) is 0 Å². The lowest BCUT2D eigenvalue weighted by Gasteiger charge is -2.31. The van der Waals surface area contributed by atoms with Crippen molar-refractivity contribution < 1.29 is 19.9 Å². The zero-order valence-corrected chi connectivity index (χ0v) is 17.3. The summed E-state index contributed by atoms with van der Waals surface area (Å²) in [5.41, 5.74) is 7.49. The molecule has 2 unspecified atom stereocenters. The number of carboxylic acid groups (broad SMARTS) is 1. The Labute approximate surface area is 174 Å². The fourth-order valence-electron chi connectivity index (χ4n) is 3.58. The minimum atomic E-state index is -1.34. The normalized spacial score (nSPS) is 18.9. The number of likely N-dealkylation sites (tertiary alicyclic amines) is 1. The molecule has 0 aliphatic carbocycles. The van der Waals surface area contributed by atoms with Crippen molar-refractivity contribution in [2.24, 2.45) is 11.7 Å². The number of aryl methyl sites for hydroxylation is 1. The van der Waals surface area contributed by atoms with Crippen LogP contribution in [-0.4, -0.2) is 51.8 Å². The Morgan fingerprint density at radius 2 is 1.89 bits per heavy atom. The number of carbonyl (C=O) groups is 1. The summed E-state index contributed by atoms with van der Waals surface area (Å²) in [6, 6.07) is 8.39. The smallest absolute Gasteiger partial charge is 0.451 e. The molecule has 2 atom stereocenters. The summed E-state index contributed by atoms with van der Waals surface area (Å²) in [7, 11) is -1.34. The highest BCUT2D eigenvalue weighted by Gasteiger charge is 2.44.